The third kappa shape index (κ3) is 5.91. The highest BCUT2D eigenvalue weighted by Gasteiger charge is 2.27. The Labute approximate surface area is 152 Å². The first-order valence-electron chi connectivity index (χ1n) is 7.31. The summed E-state index contributed by atoms with van der Waals surface area (Å²) in [6.45, 7) is 0.922. The van der Waals surface area contributed by atoms with E-state index in [9.17, 15) is 4.79 Å². The molecule has 3 rings (SSSR count). The molecule has 1 aromatic carbocycles. The number of carbonyl (C=O) groups is 1. The van der Waals surface area contributed by atoms with Crippen LogP contribution in [0, 0.1) is 5.92 Å². The van der Waals surface area contributed by atoms with Gasteiger partial charge in [0.25, 0.3) is 0 Å². The summed E-state index contributed by atoms with van der Waals surface area (Å²) in [6, 6.07) is 11.9. The predicted molar refractivity (Wildman–Crippen MR) is 100 cm³/mol. The molecule has 23 heavy (non-hydrogen) atoms. The molecule has 1 heterocycles. The molecule has 124 valence electrons. The smallest absolute Gasteiger partial charge is 0.199 e. The molecule has 0 saturated heterocycles. The number of nitrogens with one attached hydrogen (secondary N) is 1. The third-order valence-electron chi connectivity index (χ3n) is 3.71. The van der Waals surface area contributed by atoms with E-state index in [1.54, 1.807) is 6.07 Å². The predicted octanol–water partition coefficient (Wildman–Crippen LogP) is 4.15. The van der Waals surface area contributed by atoms with E-state index >= 15 is 0 Å². The highest BCUT2D eigenvalue weighted by molar-refractivity contribution is 14.2. The lowest BCUT2D eigenvalue weighted by Gasteiger charge is -2.34. The summed E-state index contributed by atoms with van der Waals surface area (Å²) in [4.78, 5) is 10.3. The second-order valence-electron chi connectivity index (χ2n) is 5.27. The molecule has 0 bridgehead atoms. The van der Waals surface area contributed by atoms with Crippen LogP contribution in [0.5, 0.6) is 0 Å². The average molecular weight is 446 g/mol. The number of carbonyl (C=O) groups excluding carboxylic acids is 1. The van der Waals surface area contributed by atoms with Crippen LogP contribution in [0.1, 0.15) is 23.4 Å². The second-order valence-corrected chi connectivity index (χ2v) is 6.71. The van der Waals surface area contributed by atoms with Crippen molar-refractivity contribution in [1.82, 2.24) is 10.5 Å². The standard InChI is InChI=1S/C10H7NO2.C6H12INOS/c12-7-9-6-10(11-13-9)8-4-2-1-3-5-8;1-8-6-2-5(3-6)4-9-10-7/h1-7H;5-6,8H,2-4H2,1H3. The van der Waals surface area contributed by atoms with E-state index in [0.29, 0.717) is 12.0 Å². The molecule has 0 atom stereocenters. The fraction of sp³-hybridized carbons (Fsp3) is 0.375. The largest absolute Gasteiger partial charge is 0.353 e. The lowest BCUT2D eigenvalue weighted by atomic mass is 9.81. The number of benzene rings is 1. The number of nitrogens with zero attached hydrogens (tertiary/aromatic N) is 1. The van der Waals surface area contributed by atoms with Gasteiger partial charge in [-0.1, -0.05) is 35.5 Å². The van der Waals surface area contributed by atoms with Gasteiger partial charge in [-0.05, 0) is 25.8 Å². The summed E-state index contributed by atoms with van der Waals surface area (Å²) >= 11 is 2.15. The van der Waals surface area contributed by atoms with Crippen molar-refractivity contribution >= 4 is 36.7 Å². The van der Waals surface area contributed by atoms with Gasteiger partial charge < -0.3 is 14.0 Å². The van der Waals surface area contributed by atoms with Gasteiger partial charge in [-0.15, -0.1) is 0 Å². The Balaban J connectivity index is 0.000000174. The third-order valence-corrected chi connectivity index (χ3v) is 4.69. The topological polar surface area (TPSA) is 64.4 Å². The van der Waals surface area contributed by atoms with Crippen molar-refractivity contribution in [3.8, 4) is 11.3 Å². The number of halogens is 1. The van der Waals surface area contributed by atoms with Crippen LogP contribution in [0.2, 0.25) is 0 Å². The van der Waals surface area contributed by atoms with Crippen molar-refractivity contribution in [2.24, 2.45) is 5.92 Å². The quantitative estimate of drug-likeness (QED) is 0.409. The summed E-state index contributed by atoms with van der Waals surface area (Å²) < 4.78 is 9.96. The second kappa shape index (κ2) is 10.1. The van der Waals surface area contributed by atoms with Gasteiger partial charge in [-0.2, -0.15) is 0 Å². The fourth-order valence-electron chi connectivity index (χ4n) is 2.32. The minimum atomic E-state index is 0.249. The maximum absolute atomic E-state index is 10.3. The lowest BCUT2D eigenvalue weighted by Crippen LogP contribution is -2.40. The normalized spacial score (nSPS) is 19.4. The van der Waals surface area contributed by atoms with Gasteiger partial charge in [0, 0.05) is 38.9 Å². The zero-order valence-corrected chi connectivity index (χ0v) is 15.7. The molecule has 0 radical (unpaired) electrons. The van der Waals surface area contributed by atoms with Crippen molar-refractivity contribution in [1.29, 1.82) is 0 Å². The van der Waals surface area contributed by atoms with Crippen molar-refractivity contribution in [3.05, 3.63) is 42.2 Å². The van der Waals surface area contributed by atoms with Crippen molar-refractivity contribution in [2.45, 2.75) is 18.9 Å². The Bertz CT molecular complexity index is 585. The maximum atomic E-state index is 10.3. The highest BCUT2D eigenvalue weighted by Crippen LogP contribution is 2.29. The molecule has 1 saturated carbocycles. The van der Waals surface area contributed by atoms with Gasteiger partial charge >= 0.3 is 0 Å². The van der Waals surface area contributed by atoms with E-state index in [4.69, 9.17) is 8.71 Å². The van der Waals surface area contributed by atoms with Crippen LogP contribution in [0.25, 0.3) is 11.3 Å². The summed E-state index contributed by atoms with van der Waals surface area (Å²) in [6.07, 6.45) is 3.21. The molecule has 2 aromatic rings. The van der Waals surface area contributed by atoms with Crippen LogP contribution >= 0.6 is 30.4 Å². The zero-order valence-electron chi connectivity index (χ0n) is 12.8. The molecule has 1 aliphatic carbocycles. The van der Waals surface area contributed by atoms with E-state index in [1.807, 2.05) is 37.4 Å². The van der Waals surface area contributed by atoms with E-state index < -0.39 is 0 Å². The number of rotatable bonds is 6. The van der Waals surface area contributed by atoms with Gasteiger partial charge in [0.2, 0.25) is 0 Å². The van der Waals surface area contributed by atoms with Crippen LogP contribution in [-0.4, -0.2) is 31.1 Å². The van der Waals surface area contributed by atoms with E-state index in [0.717, 1.165) is 24.1 Å². The Morgan fingerprint density at radius 2 is 2.17 bits per heavy atom. The summed E-state index contributed by atoms with van der Waals surface area (Å²) in [5.74, 6) is 1.05. The maximum Gasteiger partial charge on any atom is 0.199 e. The molecule has 0 unspecified atom stereocenters. The van der Waals surface area contributed by atoms with Gasteiger partial charge in [-0.25, -0.2) is 0 Å². The molecule has 7 heteroatoms. The first-order valence-corrected chi connectivity index (χ1v) is 10.6. The van der Waals surface area contributed by atoms with Gasteiger partial charge in [0.05, 0.1) is 15.8 Å². The molecule has 0 aliphatic heterocycles. The van der Waals surface area contributed by atoms with Crippen LogP contribution in [0.4, 0.5) is 0 Å². The molecular weight excluding hydrogens is 427 g/mol. The molecule has 1 aliphatic rings. The zero-order chi connectivity index (χ0) is 16.5. The molecule has 0 amide bonds. The van der Waals surface area contributed by atoms with E-state index in [1.165, 1.54) is 22.1 Å². The van der Waals surface area contributed by atoms with Crippen LogP contribution in [0.15, 0.2) is 40.9 Å². The number of hydrogen-bond donors (Lipinski definition) is 1. The van der Waals surface area contributed by atoms with Gasteiger partial charge in [0.1, 0.15) is 5.69 Å². The Morgan fingerprint density at radius 1 is 1.43 bits per heavy atom. The monoisotopic (exact) mass is 446 g/mol. The SMILES string of the molecule is CNC1CC(COSI)C1.O=Cc1cc(-c2ccccc2)no1. The summed E-state index contributed by atoms with van der Waals surface area (Å²) in [7, 11) is 3.46. The van der Waals surface area contributed by atoms with Crippen LogP contribution in [-0.2, 0) is 4.18 Å². The van der Waals surface area contributed by atoms with Gasteiger partial charge in [0.15, 0.2) is 12.0 Å². The number of aldehydes is 1. The minimum absolute atomic E-state index is 0.249. The van der Waals surface area contributed by atoms with Gasteiger partial charge in [-0.3, -0.25) is 4.79 Å². The van der Waals surface area contributed by atoms with Crippen molar-refractivity contribution in [3.63, 3.8) is 0 Å². The molecule has 1 fully saturated rings. The highest BCUT2D eigenvalue weighted by atomic mass is 127. The number of aromatic nitrogens is 1. The minimum Gasteiger partial charge on any atom is -0.353 e. The van der Waals surface area contributed by atoms with Crippen molar-refractivity contribution < 1.29 is 13.5 Å². The molecule has 5 nitrogen and oxygen atoms in total. The lowest BCUT2D eigenvalue weighted by molar-refractivity contribution is 0.109. The van der Waals surface area contributed by atoms with E-state index in [-0.39, 0.29) is 5.76 Å². The first kappa shape index (κ1) is 18.4. The van der Waals surface area contributed by atoms with Crippen LogP contribution < -0.4 is 5.32 Å². The number of hydrogen-bond acceptors (Lipinski definition) is 6. The molecule has 1 aromatic heterocycles. The Kier molecular flexibility index (Phi) is 8.07. The summed E-state index contributed by atoms with van der Waals surface area (Å²) in [5.41, 5.74) is 1.63. The van der Waals surface area contributed by atoms with E-state index in [2.05, 4.69) is 31.7 Å². The summed E-state index contributed by atoms with van der Waals surface area (Å²) in [5, 5.41) is 6.99. The molecule has 1 N–H and O–H groups in total. The Morgan fingerprint density at radius 3 is 2.74 bits per heavy atom. The van der Waals surface area contributed by atoms with Crippen LogP contribution in [0.3, 0.4) is 0 Å². The molecule has 0 spiro atoms. The fourth-order valence-corrected chi connectivity index (χ4v) is 3.00. The van der Waals surface area contributed by atoms with Crippen molar-refractivity contribution in [2.75, 3.05) is 13.7 Å². The molecular formula is C16H19IN2O3S. The first-order chi connectivity index (χ1) is 11.3. The average Bonchev–Trinajstić information content (AvgIpc) is 3.04. The Hall–Kier alpha value is -0.900.